The summed E-state index contributed by atoms with van der Waals surface area (Å²) < 4.78 is 5.70. The van der Waals surface area contributed by atoms with Crippen molar-refractivity contribution in [2.75, 3.05) is 13.2 Å². The normalized spacial score (nSPS) is 21.1. The fourth-order valence-electron chi connectivity index (χ4n) is 2.12. The van der Waals surface area contributed by atoms with Crippen molar-refractivity contribution in [1.82, 2.24) is 5.32 Å². The van der Waals surface area contributed by atoms with Crippen LogP contribution in [0.3, 0.4) is 0 Å². The first-order valence-electron chi connectivity index (χ1n) is 6.28. The van der Waals surface area contributed by atoms with Crippen LogP contribution in [0.25, 0.3) is 0 Å². The van der Waals surface area contributed by atoms with Crippen molar-refractivity contribution in [2.24, 2.45) is 0 Å². The number of ether oxygens (including phenoxy) is 1. The van der Waals surface area contributed by atoms with E-state index in [1.165, 1.54) is 37.7 Å². The van der Waals surface area contributed by atoms with E-state index in [0.29, 0.717) is 6.10 Å². The van der Waals surface area contributed by atoms with E-state index >= 15 is 0 Å². The molecular formula is C13H21NOS. The summed E-state index contributed by atoms with van der Waals surface area (Å²) in [6.07, 6.45) is 6.87. The first-order valence-corrected chi connectivity index (χ1v) is 7.23. The molecule has 0 radical (unpaired) electrons. The summed E-state index contributed by atoms with van der Waals surface area (Å²) in [5.41, 5.74) is 1.40. The number of nitrogens with one attached hydrogen (secondary N) is 1. The van der Waals surface area contributed by atoms with Gasteiger partial charge in [0.15, 0.2) is 0 Å². The van der Waals surface area contributed by atoms with E-state index in [9.17, 15) is 0 Å². The second-order valence-electron chi connectivity index (χ2n) is 4.44. The molecule has 0 saturated carbocycles. The highest BCUT2D eigenvalue weighted by Crippen LogP contribution is 2.16. The Balaban J connectivity index is 1.48. The number of thiophene rings is 1. The van der Waals surface area contributed by atoms with E-state index < -0.39 is 0 Å². The van der Waals surface area contributed by atoms with Gasteiger partial charge in [0, 0.05) is 13.2 Å². The number of hydrogen-bond donors (Lipinski definition) is 1. The van der Waals surface area contributed by atoms with Crippen LogP contribution in [0.2, 0.25) is 0 Å². The third-order valence-electron chi connectivity index (χ3n) is 3.06. The van der Waals surface area contributed by atoms with Gasteiger partial charge in [0.1, 0.15) is 0 Å². The van der Waals surface area contributed by atoms with Crippen molar-refractivity contribution < 1.29 is 4.74 Å². The summed E-state index contributed by atoms with van der Waals surface area (Å²) in [6, 6.07) is 2.18. The second kappa shape index (κ2) is 7.05. The quantitative estimate of drug-likeness (QED) is 0.770. The lowest BCUT2D eigenvalue weighted by Crippen LogP contribution is -2.21. The summed E-state index contributed by atoms with van der Waals surface area (Å²) in [4.78, 5) is 0. The van der Waals surface area contributed by atoms with Gasteiger partial charge < -0.3 is 10.1 Å². The van der Waals surface area contributed by atoms with E-state index in [1.807, 2.05) is 0 Å². The standard InChI is InChI=1S/C13H21NOS/c1-2-8-15-13(4-1)5-3-7-14-10-12-6-9-16-11-12/h6,9,11,13-14H,1-5,7-8,10H2. The van der Waals surface area contributed by atoms with Crippen LogP contribution < -0.4 is 5.32 Å². The van der Waals surface area contributed by atoms with Gasteiger partial charge in [-0.3, -0.25) is 0 Å². The lowest BCUT2D eigenvalue weighted by molar-refractivity contribution is 0.0102. The third kappa shape index (κ3) is 4.24. The summed E-state index contributed by atoms with van der Waals surface area (Å²) in [5.74, 6) is 0. The molecule has 16 heavy (non-hydrogen) atoms. The highest BCUT2D eigenvalue weighted by atomic mass is 32.1. The maximum atomic E-state index is 5.70. The minimum Gasteiger partial charge on any atom is -0.378 e. The zero-order valence-electron chi connectivity index (χ0n) is 9.78. The monoisotopic (exact) mass is 239 g/mol. The van der Waals surface area contributed by atoms with E-state index in [2.05, 4.69) is 22.1 Å². The average molecular weight is 239 g/mol. The Bertz CT molecular complexity index is 267. The first-order chi connectivity index (χ1) is 7.95. The molecule has 2 rings (SSSR count). The largest absolute Gasteiger partial charge is 0.378 e. The van der Waals surface area contributed by atoms with Gasteiger partial charge >= 0.3 is 0 Å². The van der Waals surface area contributed by atoms with Crippen molar-refractivity contribution >= 4 is 11.3 Å². The zero-order chi connectivity index (χ0) is 11.1. The molecule has 1 fully saturated rings. The summed E-state index contributed by atoms with van der Waals surface area (Å²) in [5, 5.41) is 7.82. The van der Waals surface area contributed by atoms with E-state index in [4.69, 9.17) is 4.74 Å². The number of rotatable bonds is 6. The van der Waals surface area contributed by atoms with Crippen LogP contribution in [-0.2, 0) is 11.3 Å². The Hall–Kier alpha value is -0.380. The average Bonchev–Trinajstić information content (AvgIpc) is 2.83. The van der Waals surface area contributed by atoms with Crippen LogP contribution in [-0.4, -0.2) is 19.3 Å². The molecule has 1 atom stereocenters. The molecule has 0 spiro atoms. The molecule has 0 aromatic carbocycles. The van der Waals surface area contributed by atoms with Crippen LogP contribution in [0.15, 0.2) is 16.8 Å². The maximum absolute atomic E-state index is 5.70. The van der Waals surface area contributed by atoms with Crippen molar-refractivity contribution in [1.29, 1.82) is 0 Å². The van der Waals surface area contributed by atoms with Crippen LogP contribution in [0, 0.1) is 0 Å². The molecule has 1 aliphatic rings. The van der Waals surface area contributed by atoms with Crippen LogP contribution >= 0.6 is 11.3 Å². The molecular weight excluding hydrogens is 218 g/mol. The van der Waals surface area contributed by atoms with Crippen LogP contribution in [0.1, 0.15) is 37.7 Å². The van der Waals surface area contributed by atoms with Crippen molar-refractivity contribution in [3.63, 3.8) is 0 Å². The van der Waals surface area contributed by atoms with Gasteiger partial charge in [-0.05, 0) is 61.0 Å². The van der Waals surface area contributed by atoms with Gasteiger partial charge in [0.05, 0.1) is 6.10 Å². The minimum absolute atomic E-state index is 0.539. The fourth-order valence-corrected chi connectivity index (χ4v) is 2.78. The Kier molecular flexibility index (Phi) is 5.32. The molecule has 1 aliphatic heterocycles. The molecule has 1 saturated heterocycles. The lowest BCUT2D eigenvalue weighted by Gasteiger charge is -2.22. The Morgan fingerprint density at radius 3 is 3.19 bits per heavy atom. The second-order valence-corrected chi connectivity index (χ2v) is 5.22. The molecule has 0 bridgehead atoms. The lowest BCUT2D eigenvalue weighted by atomic mass is 10.0. The number of hydrogen-bond acceptors (Lipinski definition) is 3. The maximum Gasteiger partial charge on any atom is 0.0575 e. The van der Waals surface area contributed by atoms with Crippen LogP contribution in [0.5, 0.6) is 0 Å². The molecule has 1 aromatic rings. The molecule has 3 heteroatoms. The Morgan fingerprint density at radius 2 is 2.44 bits per heavy atom. The molecule has 90 valence electrons. The van der Waals surface area contributed by atoms with Crippen molar-refractivity contribution in [2.45, 2.75) is 44.8 Å². The predicted molar refractivity (Wildman–Crippen MR) is 68.9 cm³/mol. The summed E-state index contributed by atoms with van der Waals surface area (Å²) in [7, 11) is 0. The van der Waals surface area contributed by atoms with Crippen molar-refractivity contribution in [3.8, 4) is 0 Å². The van der Waals surface area contributed by atoms with E-state index in [0.717, 1.165) is 19.7 Å². The molecule has 1 unspecified atom stereocenters. The van der Waals surface area contributed by atoms with Crippen LogP contribution in [0.4, 0.5) is 0 Å². The van der Waals surface area contributed by atoms with E-state index in [-0.39, 0.29) is 0 Å². The van der Waals surface area contributed by atoms with Crippen molar-refractivity contribution in [3.05, 3.63) is 22.4 Å². The topological polar surface area (TPSA) is 21.3 Å². The van der Waals surface area contributed by atoms with Gasteiger partial charge in [-0.15, -0.1) is 0 Å². The molecule has 1 aromatic heterocycles. The van der Waals surface area contributed by atoms with Gasteiger partial charge in [-0.2, -0.15) is 11.3 Å². The highest BCUT2D eigenvalue weighted by Gasteiger charge is 2.12. The SMILES string of the molecule is c1cc(CNCCCC2CCCCO2)cs1. The molecule has 2 nitrogen and oxygen atoms in total. The minimum atomic E-state index is 0.539. The van der Waals surface area contributed by atoms with Gasteiger partial charge in [0.25, 0.3) is 0 Å². The fraction of sp³-hybridized carbons (Fsp3) is 0.692. The summed E-state index contributed by atoms with van der Waals surface area (Å²) in [6.45, 7) is 3.09. The zero-order valence-corrected chi connectivity index (χ0v) is 10.6. The Morgan fingerprint density at radius 1 is 1.44 bits per heavy atom. The molecule has 2 heterocycles. The first kappa shape index (κ1) is 12.1. The molecule has 0 amide bonds. The van der Waals surface area contributed by atoms with Gasteiger partial charge in [-0.25, -0.2) is 0 Å². The van der Waals surface area contributed by atoms with Gasteiger partial charge in [0.2, 0.25) is 0 Å². The molecule has 0 aliphatic carbocycles. The molecule has 1 N–H and O–H groups in total. The van der Waals surface area contributed by atoms with E-state index in [1.54, 1.807) is 11.3 Å². The van der Waals surface area contributed by atoms with Gasteiger partial charge in [-0.1, -0.05) is 0 Å². The highest BCUT2D eigenvalue weighted by molar-refractivity contribution is 7.07. The smallest absolute Gasteiger partial charge is 0.0575 e. The predicted octanol–water partition coefficient (Wildman–Crippen LogP) is 3.19. The third-order valence-corrected chi connectivity index (χ3v) is 3.79. The summed E-state index contributed by atoms with van der Waals surface area (Å²) >= 11 is 1.77. The Labute approximate surface area is 102 Å².